The van der Waals surface area contributed by atoms with Gasteiger partial charge in [-0.3, -0.25) is 14.4 Å². The van der Waals surface area contributed by atoms with Crippen molar-refractivity contribution in [2.24, 2.45) is 5.92 Å². The number of esters is 1. The number of hydrogen-bond acceptors (Lipinski definition) is 4. The van der Waals surface area contributed by atoms with E-state index >= 15 is 0 Å². The number of anilines is 2. The summed E-state index contributed by atoms with van der Waals surface area (Å²) in [5, 5.41) is 2.10. The third-order valence-corrected chi connectivity index (χ3v) is 4.66. The number of ether oxygens (including phenoxy) is 1. The highest BCUT2D eigenvalue weighted by Crippen LogP contribution is 2.34. The van der Waals surface area contributed by atoms with Crippen molar-refractivity contribution in [3.63, 3.8) is 0 Å². The highest BCUT2D eigenvalue weighted by molar-refractivity contribution is 6.00. The SMILES string of the molecule is Cc1ccc(N2C[C@H](C(=O)OCC(=O)Nc3ccccc3C(F)(F)F)CC2=O)cc1. The number of hydrogen-bond donors (Lipinski definition) is 1. The molecule has 3 rings (SSSR count). The van der Waals surface area contributed by atoms with Crippen LogP contribution in [0.2, 0.25) is 0 Å². The van der Waals surface area contributed by atoms with Crippen molar-refractivity contribution in [1.82, 2.24) is 0 Å². The fourth-order valence-corrected chi connectivity index (χ4v) is 3.12. The molecular formula is C21H19F3N2O4. The quantitative estimate of drug-likeness (QED) is 0.751. The van der Waals surface area contributed by atoms with Crippen LogP contribution in [-0.4, -0.2) is 30.9 Å². The van der Waals surface area contributed by atoms with Crippen molar-refractivity contribution in [1.29, 1.82) is 0 Å². The second-order valence-electron chi connectivity index (χ2n) is 6.94. The summed E-state index contributed by atoms with van der Waals surface area (Å²) in [6.45, 7) is 1.27. The maximum absolute atomic E-state index is 13.0. The highest BCUT2D eigenvalue weighted by Gasteiger charge is 2.37. The number of carbonyl (C=O) groups is 3. The maximum Gasteiger partial charge on any atom is 0.418 e. The van der Waals surface area contributed by atoms with Crippen LogP contribution in [0.5, 0.6) is 0 Å². The summed E-state index contributed by atoms with van der Waals surface area (Å²) in [6.07, 6.45) is -4.70. The molecule has 1 fully saturated rings. The van der Waals surface area contributed by atoms with E-state index in [9.17, 15) is 27.6 Å². The summed E-state index contributed by atoms with van der Waals surface area (Å²) in [6, 6.07) is 11.7. The molecule has 1 heterocycles. The molecule has 0 aromatic heterocycles. The monoisotopic (exact) mass is 420 g/mol. The molecule has 1 aliphatic rings. The number of amides is 2. The van der Waals surface area contributed by atoms with Gasteiger partial charge in [0.1, 0.15) is 0 Å². The standard InChI is InChI=1S/C21H19F3N2O4/c1-13-6-8-15(9-7-13)26-11-14(10-19(26)28)20(29)30-12-18(27)25-17-5-3-2-4-16(17)21(22,23)24/h2-9,14H,10-12H2,1H3,(H,25,27)/t14-/m1/s1. The average molecular weight is 420 g/mol. The van der Waals surface area contributed by atoms with E-state index in [1.807, 2.05) is 19.1 Å². The number of alkyl halides is 3. The Balaban J connectivity index is 1.55. The van der Waals surface area contributed by atoms with Crippen LogP contribution in [0.3, 0.4) is 0 Å². The van der Waals surface area contributed by atoms with E-state index in [0.29, 0.717) is 5.69 Å². The summed E-state index contributed by atoms with van der Waals surface area (Å²) >= 11 is 0. The molecular weight excluding hydrogens is 401 g/mol. The van der Waals surface area contributed by atoms with Crippen LogP contribution in [0.4, 0.5) is 24.5 Å². The number of carbonyl (C=O) groups excluding carboxylic acids is 3. The Morgan fingerprint density at radius 2 is 1.80 bits per heavy atom. The molecule has 1 atom stereocenters. The predicted octanol–water partition coefficient (Wildman–Crippen LogP) is 3.55. The van der Waals surface area contributed by atoms with E-state index in [4.69, 9.17) is 4.74 Å². The molecule has 1 saturated heterocycles. The normalized spacial score (nSPS) is 16.5. The zero-order valence-corrected chi connectivity index (χ0v) is 16.0. The van der Waals surface area contributed by atoms with E-state index in [-0.39, 0.29) is 18.9 Å². The molecule has 2 aromatic rings. The molecule has 158 valence electrons. The number of benzene rings is 2. The smallest absolute Gasteiger partial charge is 0.418 e. The summed E-state index contributed by atoms with van der Waals surface area (Å²) in [4.78, 5) is 37.9. The molecule has 30 heavy (non-hydrogen) atoms. The minimum Gasteiger partial charge on any atom is -0.455 e. The van der Waals surface area contributed by atoms with Gasteiger partial charge in [0.2, 0.25) is 5.91 Å². The van der Waals surface area contributed by atoms with Crippen LogP contribution >= 0.6 is 0 Å². The van der Waals surface area contributed by atoms with Gasteiger partial charge >= 0.3 is 12.1 Å². The molecule has 2 amide bonds. The van der Waals surface area contributed by atoms with Crippen molar-refractivity contribution in [3.05, 3.63) is 59.7 Å². The lowest BCUT2D eigenvalue weighted by Gasteiger charge is -2.17. The molecule has 2 aromatic carbocycles. The van der Waals surface area contributed by atoms with Crippen LogP contribution in [-0.2, 0) is 25.3 Å². The molecule has 1 aliphatic heterocycles. The summed E-state index contributed by atoms with van der Waals surface area (Å²) < 4.78 is 43.9. The van der Waals surface area contributed by atoms with Gasteiger partial charge < -0.3 is 15.0 Å². The number of aryl methyl sites for hydroxylation is 1. The van der Waals surface area contributed by atoms with Gasteiger partial charge in [-0.1, -0.05) is 29.8 Å². The van der Waals surface area contributed by atoms with E-state index < -0.39 is 41.8 Å². The van der Waals surface area contributed by atoms with Gasteiger partial charge in [-0.05, 0) is 31.2 Å². The summed E-state index contributed by atoms with van der Waals surface area (Å²) in [5.41, 5.74) is 0.259. The van der Waals surface area contributed by atoms with Gasteiger partial charge in [0.25, 0.3) is 5.91 Å². The molecule has 0 saturated carbocycles. The highest BCUT2D eigenvalue weighted by atomic mass is 19.4. The topological polar surface area (TPSA) is 75.7 Å². The van der Waals surface area contributed by atoms with Crippen LogP contribution in [0, 0.1) is 12.8 Å². The van der Waals surface area contributed by atoms with Crippen molar-refractivity contribution >= 4 is 29.2 Å². The lowest BCUT2D eigenvalue weighted by molar-refractivity contribution is -0.151. The lowest BCUT2D eigenvalue weighted by atomic mass is 10.1. The minimum absolute atomic E-state index is 0.0643. The van der Waals surface area contributed by atoms with Crippen molar-refractivity contribution in [2.75, 3.05) is 23.4 Å². The number of nitrogens with zero attached hydrogens (tertiary/aromatic N) is 1. The maximum atomic E-state index is 13.0. The van der Waals surface area contributed by atoms with Crippen LogP contribution < -0.4 is 10.2 Å². The number of halogens is 3. The molecule has 0 unspecified atom stereocenters. The summed E-state index contributed by atoms with van der Waals surface area (Å²) in [5.74, 6) is -2.66. The first-order valence-electron chi connectivity index (χ1n) is 9.15. The number of nitrogens with one attached hydrogen (secondary N) is 1. The van der Waals surface area contributed by atoms with E-state index in [0.717, 1.165) is 17.7 Å². The van der Waals surface area contributed by atoms with E-state index in [1.165, 1.54) is 17.0 Å². The average Bonchev–Trinajstić information content (AvgIpc) is 3.08. The Hall–Kier alpha value is -3.36. The third-order valence-electron chi connectivity index (χ3n) is 4.66. The number of rotatable bonds is 5. The van der Waals surface area contributed by atoms with Crippen molar-refractivity contribution < 1.29 is 32.3 Å². The Kier molecular flexibility index (Phi) is 6.09. The first-order valence-corrected chi connectivity index (χ1v) is 9.15. The molecule has 0 bridgehead atoms. The van der Waals surface area contributed by atoms with Gasteiger partial charge in [0.15, 0.2) is 6.61 Å². The molecule has 1 N–H and O–H groups in total. The zero-order valence-electron chi connectivity index (χ0n) is 16.0. The van der Waals surface area contributed by atoms with Crippen LogP contribution in [0.15, 0.2) is 48.5 Å². The third kappa shape index (κ3) is 4.97. The first-order chi connectivity index (χ1) is 14.1. The van der Waals surface area contributed by atoms with Crippen molar-refractivity contribution in [3.8, 4) is 0 Å². The van der Waals surface area contributed by atoms with Gasteiger partial charge in [0, 0.05) is 18.7 Å². The predicted molar refractivity (Wildman–Crippen MR) is 103 cm³/mol. The minimum atomic E-state index is -4.63. The molecule has 9 heteroatoms. The number of para-hydroxylation sites is 1. The Labute approximate surface area is 170 Å². The molecule has 6 nitrogen and oxygen atoms in total. The van der Waals surface area contributed by atoms with Gasteiger partial charge in [-0.25, -0.2) is 0 Å². The zero-order chi connectivity index (χ0) is 21.9. The Morgan fingerprint density at radius 3 is 2.47 bits per heavy atom. The largest absolute Gasteiger partial charge is 0.455 e. The fraction of sp³-hybridized carbons (Fsp3) is 0.286. The fourth-order valence-electron chi connectivity index (χ4n) is 3.12. The lowest BCUT2D eigenvalue weighted by Crippen LogP contribution is -2.28. The first kappa shape index (κ1) is 21.4. The second-order valence-corrected chi connectivity index (χ2v) is 6.94. The van der Waals surface area contributed by atoms with Crippen molar-refractivity contribution in [2.45, 2.75) is 19.5 Å². The van der Waals surface area contributed by atoms with Crippen LogP contribution in [0.1, 0.15) is 17.5 Å². The van der Waals surface area contributed by atoms with Crippen LogP contribution in [0.25, 0.3) is 0 Å². The van der Waals surface area contributed by atoms with Gasteiger partial charge in [0.05, 0.1) is 17.2 Å². The Morgan fingerprint density at radius 1 is 1.13 bits per heavy atom. The summed E-state index contributed by atoms with van der Waals surface area (Å²) in [7, 11) is 0. The van der Waals surface area contributed by atoms with Gasteiger partial charge in [-0.15, -0.1) is 0 Å². The van der Waals surface area contributed by atoms with E-state index in [1.54, 1.807) is 12.1 Å². The molecule has 0 spiro atoms. The molecule has 0 radical (unpaired) electrons. The van der Waals surface area contributed by atoms with Gasteiger partial charge in [-0.2, -0.15) is 13.2 Å². The van der Waals surface area contributed by atoms with E-state index in [2.05, 4.69) is 5.32 Å². The second kappa shape index (κ2) is 8.56. The Bertz CT molecular complexity index is 957. The molecule has 0 aliphatic carbocycles.